The third-order valence-corrected chi connectivity index (χ3v) is 4.93. The Morgan fingerprint density at radius 2 is 1.81 bits per heavy atom. The van der Waals surface area contributed by atoms with E-state index in [1.54, 1.807) is 30.6 Å². The minimum atomic E-state index is 0.235. The smallest absolute Gasteiger partial charge is 0.187 e. The fourth-order valence-electron chi connectivity index (χ4n) is 2.79. The topological polar surface area (TPSA) is 51.4 Å². The average Bonchev–Trinajstić information content (AvgIpc) is 3.12. The van der Waals surface area contributed by atoms with Crippen LogP contribution in [0, 0.1) is 0 Å². The molecule has 0 amide bonds. The van der Waals surface area contributed by atoms with Gasteiger partial charge in [0, 0.05) is 28.9 Å². The molecule has 0 bridgehead atoms. The Bertz CT molecular complexity index is 1060. The molecule has 4 aromatic rings. The van der Waals surface area contributed by atoms with Gasteiger partial charge >= 0.3 is 0 Å². The molecule has 0 aliphatic heterocycles. The van der Waals surface area contributed by atoms with Gasteiger partial charge in [-0.3, -0.25) is 4.98 Å². The van der Waals surface area contributed by atoms with Gasteiger partial charge in [-0.15, -0.1) is 0 Å². The molecule has 5 nitrogen and oxygen atoms in total. The molecule has 0 atom stereocenters. The molecule has 0 aliphatic carbocycles. The van der Waals surface area contributed by atoms with Crippen LogP contribution < -0.4 is 9.64 Å². The summed E-state index contributed by atoms with van der Waals surface area (Å²) in [6.07, 6.45) is 3.48. The van der Waals surface area contributed by atoms with Crippen molar-refractivity contribution in [2.75, 3.05) is 11.9 Å². The van der Waals surface area contributed by atoms with Crippen molar-refractivity contribution in [2.24, 2.45) is 0 Å². The summed E-state index contributed by atoms with van der Waals surface area (Å²) in [5.41, 5.74) is 2.25. The molecule has 0 saturated heterocycles. The lowest BCUT2D eigenvalue weighted by Gasteiger charge is -2.17. The molecular weight excluding hydrogens is 385 g/mol. The summed E-state index contributed by atoms with van der Waals surface area (Å²) >= 11 is 12.5. The Kier molecular flexibility index (Phi) is 4.88. The lowest BCUT2D eigenvalue weighted by atomic mass is 10.2. The van der Waals surface area contributed by atoms with Crippen molar-refractivity contribution in [2.45, 2.75) is 6.61 Å². The van der Waals surface area contributed by atoms with E-state index in [-0.39, 0.29) is 6.61 Å². The number of aromatic nitrogens is 2. The second kappa shape index (κ2) is 7.47. The SMILES string of the molecule is CN(c1cccnc1)c1noc2cccc(OCc3c(Cl)cccc3Cl)c12. The van der Waals surface area contributed by atoms with E-state index in [2.05, 4.69) is 10.1 Å². The van der Waals surface area contributed by atoms with Crippen LogP contribution in [0.15, 0.2) is 65.4 Å². The fraction of sp³-hybridized carbons (Fsp3) is 0.100. The average molecular weight is 400 g/mol. The van der Waals surface area contributed by atoms with Crippen molar-refractivity contribution in [3.63, 3.8) is 0 Å². The van der Waals surface area contributed by atoms with E-state index >= 15 is 0 Å². The van der Waals surface area contributed by atoms with Crippen molar-refractivity contribution >= 4 is 45.7 Å². The molecule has 0 N–H and O–H groups in total. The molecule has 4 rings (SSSR count). The molecule has 0 spiro atoms. The van der Waals surface area contributed by atoms with Crippen LogP contribution in [0.3, 0.4) is 0 Å². The van der Waals surface area contributed by atoms with Crippen LogP contribution in [0.4, 0.5) is 11.5 Å². The van der Waals surface area contributed by atoms with Gasteiger partial charge in [-0.2, -0.15) is 0 Å². The summed E-state index contributed by atoms with van der Waals surface area (Å²) < 4.78 is 11.5. The Balaban J connectivity index is 1.70. The molecule has 136 valence electrons. The number of anilines is 2. The van der Waals surface area contributed by atoms with E-state index in [9.17, 15) is 0 Å². The molecule has 0 saturated carbocycles. The number of ether oxygens (including phenoxy) is 1. The summed E-state index contributed by atoms with van der Waals surface area (Å²) in [4.78, 5) is 6.05. The van der Waals surface area contributed by atoms with Gasteiger partial charge in [0.25, 0.3) is 0 Å². The first-order chi connectivity index (χ1) is 13.1. The van der Waals surface area contributed by atoms with E-state index in [0.29, 0.717) is 27.2 Å². The van der Waals surface area contributed by atoms with Gasteiger partial charge < -0.3 is 14.2 Å². The number of hydrogen-bond acceptors (Lipinski definition) is 5. The van der Waals surface area contributed by atoms with Gasteiger partial charge in [0.05, 0.1) is 11.9 Å². The minimum absolute atomic E-state index is 0.235. The van der Waals surface area contributed by atoms with Gasteiger partial charge in [0.1, 0.15) is 17.7 Å². The van der Waals surface area contributed by atoms with Crippen LogP contribution in [-0.2, 0) is 6.61 Å². The molecular formula is C20H15Cl2N3O2. The molecule has 7 heteroatoms. The molecule has 2 aromatic heterocycles. The maximum absolute atomic E-state index is 6.24. The molecule has 0 fully saturated rings. The summed E-state index contributed by atoms with van der Waals surface area (Å²) in [6.45, 7) is 0.235. The highest BCUT2D eigenvalue weighted by Crippen LogP contribution is 2.37. The van der Waals surface area contributed by atoms with Gasteiger partial charge in [-0.05, 0) is 36.4 Å². The summed E-state index contributed by atoms with van der Waals surface area (Å²) in [5.74, 6) is 1.27. The number of pyridine rings is 1. The van der Waals surface area contributed by atoms with Crippen molar-refractivity contribution in [3.8, 4) is 5.75 Å². The lowest BCUT2D eigenvalue weighted by molar-refractivity contribution is 0.310. The van der Waals surface area contributed by atoms with E-state index in [1.807, 2.05) is 42.3 Å². The first kappa shape index (κ1) is 17.6. The summed E-state index contributed by atoms with van der Waals surface area (Å²) in [6, 6.07) is 14.7. The zero-order valence-electron chi connectivity index (χ0n) is 14.4. The number of hydrogen-bond donors (Lipinski definition) is 0. The monoisotopic (exact) mass is 399 g/mol. The Morgan fingerprint density at radius 3 is 2.56 bits per heavy atom. The maximum Gasteiger partial charge on any atom is 0.187 e. The summed E-state index contributed by atoms with van der Waals surface area (Å²) in [7, 11) is 1.90. The predicted molar refractivity (Wildman–Crippen MR) is 107 cm³/mol. The maximum atomic E-state index is 6.24. The van der Waals surface area contributed by atoms with Gasteiger partial charge in [-0.25, -0.2) is 0 Å². The normalized spacial score (nSPS) is 10.9. The Morgan fingerprint density at radius 1 is 1.04 bits per heavy atom. The van der Waals surface area contributed by atoms with Crippen LogP contribution in [0.25, 0.3) is 11.0 Å². The number of benzene rings is 2. The number of fused-ring (bicyclic) bond motifs is 1. The zero-order chi connectivity index (χ0) is 18.8. The zero-order valence-corrected chi connectivity index (χ0v) is 15.9. The third-order valence-electron chi connectivity index (χ3n) is 4.23. The Labute approximate surface area is 166 Å². The summed E-state index contributed by atoms with van der Waals surface area (Å²) in [5, 5.41) is 6.11. The van der Waals surface area contributed by atoms with Crippen LogP contribution in [-0.4, -0.2) is 17.2 Å². The number of rotatable bonds is 5. The van der Waals surface area contributed by atoms with E-state index in [0.717, 1.165) is 16.6 Å². The second-order valence-electron chi connectivity index (χ2n) is 5.89. The van der Waals surface area contributed by atoms with Gasteiger partial charge in [0.15, 0.2) is 11.4 Å². The quantitative estimate of drug-likeness (QED) is 0.419. The van der Waals surface area contributed by atoms with Crippen LogP contribution in [0.1, 0.15) is 5.56 Å². The number of nitrogens with zero attached hydrogens (tertiary/aromatic N) is 3. The number of halogens is 2. The predicted octanol–water partition coefficient (Wildman–Crippen LogP) is 5.88. The molecule has 0 aliphatic rings. The van der Waals surface area contributed by atoms with Crippen LogP contribution >= 0.6 is 23.2 Å². The third kappa shape index (κ3) is 3.44. The largest absolute Gasteiger partial charge is 0.488 e. The molecule has 27 heavy (non-hydrogen) atoms. The standard InChI is InChI=1S/C20H15Cl2N3O2/c1-25(13-5-4-10-23-11-13)20-19-17(8-3-9-18(19)27-24-20)26-12-14-15(21)6-2-7-16(14)22/h2-11H,12H2,1H3. The van der Waals surface area contributed by atoms with Crippen molar-refractivity contribution in [1.29, 1.82) is 0 Å². The fourth-order valence-corrected chi connectivity index (χ4v) is 3.30. The Hall–Kier alpha value is -2.76. The first-order valence-electron chi connectivity index (χ1n) is 8.23. The van der Waals surface area contributed by atoms with E-state index in [1.165, 1.54) is 0 Å². The second-order valence-corrected chi connectivity index (χ2v) is 6.71. The minimum Gasteiger partial charge on any atom is -0.488 e. The van der Waals surface area contributed by atoms with Crippen LogP contribution in [0.2, 0.25) is 10.0 Å². The van der Waals surface area contributed by atoms with Crippen LogP contribution in [0.5, 0.6) is 5.75 Å². The lowest BCUT2D eigenvalue weighted by Crippen LogP contribution is -2.10. The molecule has 2 aromatic carbocycles. The van der Waals surface area contributed by atoms with Gasteiger partial charge in [-0.1, -0.05) is 40.5 Å². The highest BCUT2D eigenvalue weighted by Gasteiger charge is 2.19. The van der Waals surface area contributed by atoms with Crippen molar-refractivity contribution in [3.05, 3.63) is 76.5 Å². The molecule has 2 heterocycles. The van der Waals surface area contributed by atoms with Crippen molar-refractivity contribution in [1.82, 2.24) is 10.1 Å². The van der Waals surface area contributed by atoms with E-state index in [4.69, 9.17) is 32.5 Å². The molecule has 0 unspecified atom stereocenters. The van der Waals surface area contributed by atoms with Gasteiger partial charge in [0.2, 0.25) is 0 Å². The molecule has 0 radical (unpaired) electrons. The highest BCUT2D eigenvalue weighted by molar-refractivity contribution is 6.35. The highest BCUT2D eigenvalue weighted by atomic mass is 35.5. The van der Waals surface area contributed by atoms with E-state index < -0.39 is 0 Å². The first-order valence-corrected chi connectivity index (χ1v) is 8.98. The van der Waals surface area contributed by atoms with Crippen molar-refractivity contribution < 1.29 is 9.26 Å².